The van der Waals surface area contributed by atoms with Gasteiger partial charge >= 0.3 is 5.69 Å². The second-order valence-corrected chi connectivity index (χ2v) is 3.97. The first-order valence-corrected chi connectivity index (χ1v) is 4.78. The molecule has 1 aromatic rings. The molecule has 1 rings (SSSR count). The van der Waals surface area contributed by atoms with Gasteiger partial charge < -0.3 is 4.98 Å². The van der Waals surface area contributed by atoms with Crippen LogP contribution < -0.4 is 5.69 Å². The van der Waals surface area contributed by atoms with Crippen molar-refractivity contribution in [1.29, 1.82) is 0 Å². The van der Waals surface area contributed by atoms with Crippen LogP contribution in [-0.4, -0.2) is 9.55 Å². The SMILES string of the molecule is Cc1[nH]c(=O)n(CCC(C)C)c1C. The van der Waals surface area contributed by atoms with Gasteiger partial charge in [-0.05, 0) is 26.2 Å². The average Bonchev–Trinajstić information content (AvgIpc) is 2.24. The zero-order chi connectivity index (χ0) is 10.0. The van der Waals surface area contributed by atoms with Gasteiger partial charge in [-0.2, -0.15) is 0 Å². The Morgan fingerprint density at radius 1 is 1.38 bits per heavy atom. The Balaban J connectivity index is 2.82. The highest BCUT2D eigenvalue weighted by Gasteiger charge is 2.06. The van der Waals surface area contributed by atoms with Gasteiger partial charge in [-0.15, -0.1) is 0 Å². The lowest BCUT2D eigenvalue weighted by Gasteiger charge is -2.06. The van der Waals surface area contributed by atoms with Gasteiger partial charge in [-0.1, -0.05) is 13.8 Å². The van der Waals surface area contributed by atoms with Gasteiger partial charge in [0.25, 0.3) is 0 Å². The molecule has 0 spiro atoms. The van der Waals surface area contributed by atoms with Crippen LogP contribution in [0.3, 0.4) is 0 Å². The number of nitrogens with one attached hydrogen (secondary N) is 1. The molecule has 0 aliphatic rings. The number of aryl methyl sites for hydroxylation is 1. The van der Waals surface area contributed by atoms with Gasteiger partial charge in [0.15, 0.2) is 0 Å². The predicted octanol–water partition coefficient (Wildman–Crippen LogP) is 1.84. The molecule has 1 heterocycles. The fourth-order valence-corrected chi connectivity index (χ4v) is 1.33. The Labute approximate surface area is 78.8 Å². The molecule has 3 nitrogen and oxygen atoms in total. The number of aromatic amines is 1. The maximum atomic E-state index is 11.4. The maximum Gasteiger partial charge on any atom is 0.325 e. The van der Waals surface area contributed by atoms with Crippen LogP contribution in [0, 0.1) is 19.8 Å². The van der Waals surface area contributed by atoms with Crippen molar-refractivity contribution in [3.63, 3.8) is 0 Å². The minimum Gasteiger partial charge on any atom is -0.310 e. The number of aromatic nitrogens is 2. The largest absolute Gasteiger partial charge is 0.325 e. The number of nitrogens with zero attached hydrogens (tertiary/aromatic N) is 1. The van der Waals surface area contributed by atoms with E-state index in [1.165, 1.54) is 0 Å². The lowest BCUT2D eigenvalue weighted by atomic mass is 10.1. The van der Waals surface area contributed by atoms with Crippen LogP contribution in [0.25, 0.3) is 0 Å². The first-order valence-electron chi connectivity index (χ1n) is 4.78. The summed E-state index contributed by atoms with van der Waals surface area (Å²) in [5.41, 5.74) is 2.06. The second-order valence-electron chi connectivity index (χ2n) is 3.97. The average molecular weight is 182 g/mol. The molecule has 1 aromatic heterocycles. The summed E-state index contributed by atoms with van der Waals surface area (Å²) in [4.78, 5) is 14.2. The van der Waals surface area contributed by atoms with Gasteiger partial charge in [0, 0.05) is 17.9 Å². The first kappa shape index (κ1) is 10.1. The van der Waals surface area contributed by atoms with Crippen LogP contribution >= 0.6 is 0 Å². The Bertz CT molecular complexity index is 333. The zero-order valence-corrected chi connectivity index (χ0v) is 8.85. The summed E-state index contributed by atoms with van der Waals surface area (Å²) >= 11 is 0. The lowest BCUT2D eigenvalue weighted by Crippen LogP contribution is -2.18. The molecular formula is C10H18N2O. The van der Waals surface area contributed by atoms with Gasteiger partial charge in [-0.25, -0.2) is 4.79 Å². The van der Waals surface area contributed by atoms with Crippen LogP contribution in [-0.2, 0) is 6.54 Å². The van der Waals surface area contributed by atoms with E-state index in [1.807, 2.05) is 18.4 Å². The number of hydrogen-bond donors (Lipinski definition) is 1. The van der Waals surface area contributed by atoms with E-state index < -0.39 is 0 Å². The standard InChI is InChI=1S/C10H18N2O/c1-7(2)5-6-12-9(4)8(3)11-10(12)13/h7H,5-6H2,1-4H3,(H,11,13). The highest BCUT2D eigenvalue weighted by molar-refractivity contribution is 5.08. The molecule has 0 bridgehead atoms. The van der Waals surface area contributed by atoms with Gasteiger partial charge in [0.05, 0.1) is 0 Å². The third-order valence-electron chi connectivity index (χ3n) is 2.42. The van der Waals surface area contributed by atoms with Crippen LogP contribution in [0.2, 0.25) is 0 Å². The van der Waals surface area contributed by atoms with Crippen LogP contribution in [0.15, 0.2) is 4.79 Å². The minimum atomic E-state index is 0.0238. The van der Waals surface area contributed by atoms with Crippen molar-refractivity contribution < 1.29 is 0 Å². The summed E-state index contributed by atoms with van der Waals surface area (Å²) in [6.45, 7) is 9.07. The van der Waals surface area contributed by atoms with Crippen LogP contribution in [0.5, 0.6) is 0 Å². The normalized spacial score (nSPS) is 11.2. The van der Waals surface area contributed by atoms with Gasteiger partial charge in [0.1, 0.15) is 0 Å². The third kappa shape index (κ3) is 2.23. The molecule has 0 aliphatic heterocycles. The molecule has 74 valence electrons. The van der Waals surface area contributed by atoms with Gasteiger partial charge in [-0.3, -0.25) is 4.57 Å². The molecule has 13 heavy (non-hydrogen) atoms. The first-order chi connectivity index (χ1) is 6.02. The predicted molar refractivity (Wildman–Crippen MR) is 54.0 cm³/mol. The molecule has 0 aromatic carbocycles. The zero-order valence-electron chi connectivity index (χ0n) is 8.85. The topological polar surface area (TPSA) is 37.8 Å². The van der Waals surface area contributed by atoms with Crippen LogP contribution in [0.4, 0.5) is 0 Å². The summed E-state index contributed by atoms with van der Waals surface area (Å²) in [6, 6.07) is 0. The van der Waals surface area contributed by atoms with Crippen molar-refractivity contribution in [3.8, 4) is 0 Å². The highest BCUT2D eigenvalue weighted by atomic mass is 16.1. The smallest absolute Gasteiger partial charge is 0.310 e. The van der Waals surface area contributed by atoms with E-state index in [-0.39, 0.29) is 5.69 Å². The number of hydrogen-bond acceptors (Lipinski definition) is 1. The van der Waals surface area contributed by atoms with Crippen molar-refractivity contribution in [3.05, 3.63) is 21.9 Å². The Morgan fingerprint density at radius 3 is 2.38 bits per heavy atom. The fraction of sp³-hybridized carbons (Fsp3) is 0.700. The van der Waals surface area contributed by atoms with Crippen molar-refractivity contribution in [2.45, 2.75) is 40.7 Å². The molecule has 0 saturated carbocycles. The summed E-state index contributed by atoms with van der Waals surface area (Å²) in [5, 5.41) is 0. The van der Waals surface area contributed by atoms with E-state index in [9.17, 15) is 4.79 Å². The number of H-pyrrole nitrogens is 1. The highest BCUT2D eigenvalue weighted by Crippen LogP contribution is 2.05. The van der Waals surface area contributed by atoms with Crippen molar-refractivity contribution in [1.82, 2.24) is 9.55 Å². The Hall–Kier alpha value is -0.990. The Morgan fingerprint density at radius 2 is 2.00 bits per heavy atom. The molecule has 0 aliphatic carbocycles. The number of rotatable bonds is 3. The summed E-state index contributed by atoms with van der Waals surface area (Å²) in [7, 11) is 0. The molecular weight excluding hydrogens is 164 g/mol. The molecule has 0 amide bonds. The lowest BCUT2D eigenvalue weighted by molar-refractivity contribution is 0.503. The summed E-state index contributed by atoms with van der Waals surface area (Å²) in [5.74, 6) is 0.640. The van der Waals surface area contributed by atoms with Crippen molar-refractivity contribution in [2.24, 2.45) is 5.92 Å². The monoisotopic (exact) mass is 182 g/mol. The third-order valence-corrected chi connectivity index (χ3v) is 2.42. The van der Waals surface area contributed by atoms with Crippen LogP contribution in [0.1, 0.15) is 31.7 Å². The van der Waals surface area contributed by atoms with E-state index in [4.69, 9.17) is 0 Å². The van der Waals surface area contributed by atoms with Crippen molar-refractivity contribution >= 4 is 0 Å². The summed E-state index contributed by atoms with van der Waals surface area (Å²) in [6.07, 6.45) is 1.05. The molecule has 0 atom stereocenters. The Kier molecular flexibility index (Phi) is 2.96. The van der Waals surface area contributed by atoms with E-state index in [0.29, 0.717) is 5.92 Å². The number of imidazole rings is 1. The van der Waals surface area contributed by atoms with E-state index in [1.54, 1.807) is 0 Å². The molecule has 3 heteroatoms. The quantitative estimate of drug-likeness (QED) is 0.761. The minimum absolute atomic E-state index is 0.0238. The van der Waals surface area contributed by atoms with E-state index >= 15 is 0 Å². The fourth-order valence-electron chi connectivity index (χ4n) is 1.33. The van der Waals surface area contributed by atoms with Gasteiger partial charge in [0.2, 0.25) is 0 Å². The molecule has 0 fully saturated rings. The molecule has 1 N–H and O–H groups in total. The van der Waals surface area contributed by atoms with E-state index in [0.717, 1.165) is 24.4 Å². The van der Waals surface area contributed by atoms with Crippen molar-refractivity contribution in [2.75, 3.05) is 0 Å². The van der Waals surface area contributed by atoms with E-state index in [2.05, 4.69) is 18.8 Å². The second kappa shape index (κ2) is 3.81. The molecule has 0 radical (unpaired) electrons. The molecule has 0 saturated heterocycles. The maximum absolute atomic E-state index is 11.4. The summed E-state index contributed by atoms with van der Waals surface area (Å²) < 4.78 is 1.81. The molecule has 0 unspecified atom stereocenters.